The number of carbonyl (C=O) groups excluding carboxylic acids is 1. The zero-order valence-electron chi connectivity index (χ0n) is 25.3. The average Bonchev–Trinajstić information content (AvgIpc) is 3.77. The molecule has 0 spiro atoms. The van der Waals surface area contributed by atoms with Gasteiger partial charge in [-0.1, -0.05) is 12.1 Å². The molecule has 0 radical (unpaired) electrons. The normalized spacial score (nSPS) is 13.2. The number of anilines is 1. The van der Waals surface area contributed by atoms with Crippen LogP contribution in [0.25, 0.3) is 22.6 Å². The Labute approximate surface area is 261 Å². The van der Waals surface area contributed by atoms with Gasteiger partial charge in [0.25, 0.3) is 5.91 Å². The Morgan fingerprint density at radius 2 is 1.73 bits per heavy atom. The molecule has 1 amide bonds. The number of nitrogens with one attached hydrogen (secondary N) is 1. The van der Waals surface area contributed by atoms with Gasteiger partial charge in [0, 0.05) is 24.2 Å². The SMILES string of the molecule is CNC(=O)c1cc2c(C3CC3)c(N(CCOCCOCc3ccc(C(=O)O)c(C)c3)S(C)(=O)=O)cc-2oc1-c1ccc(F)cc1. The number of aryl methyl sites for hydroxylation is 1. The molecule has 1 saturated carbocycles. The summed E-state index contributed by atoms with van der Waals surface area (Å²) in [6.45, 7) is 2.67. The van der Waals surface area contributed by atoms with Crippen molar-refractivity contribution in [1.82, 2.24) is 5.32 Å². The first-order valence-corrected chi connectivity index (χ1v) is 16.4. The van der Waals surface area contributed by atoms with E-state index in [1.165, 1.54) is 35.6 Å². The molecule has 12 heteroatoms. The van der Waals surface area contributed by atoms with Crippen LogP contribution in [0.3, 0.4) is 0 Å². The third-order valence-electron chi connectivity index (χ3n) is 7.68. The fourth-order valence-electron chi connectivity index (χ4n) is 5.36. The van der Waals surface area contributed by atoms with E-state index >= 15 is 0 Å². The van der Waals surface area contributed by atoms with E-state index in [2.05, 4.69) is 5.32 Å². The van der Waals surface area contributed by atoms with Crippen molar-refractivity contribution in [2.24, 2.45) is 0 Å². The standard InChI is InChI=1S/C33H35FN2O8S/c1-20-16-21(4-11-25(20)33(38)39)19-43-15-14-42-13-12-36(45(3,40)41)28-18-29-26(30(28)22-5-6-22)17-27(32(37)35-2)31(44-29)23-7-9-24(34)10-8-23/h4,7-11,16-18,22H,5-6,12-15,19H2,1-3H3,(H,35,37)(H,38,39). The van der Waals surface area contributed by atoms with Gasteiger partial charge < -0.3 is 24.3 Å². The van der Waals surface area contributed by atoms with Gasteiger partial charge in [0.05, 0.1) is 56.0 Å². The van der Waals surface area contributed by atoms with Crippen LogP contribution < -0.4 is 9.62 Å². The highest BCUT2D eigenvalue weighted by Crippen LogP contribution is 2.53. The monoisotopic (exact) mass is 638 g/mol. The highest BCUT2D eigenvalue weighted by molar-refractivity contribution is 7.92. The van der Waals surface area contributed by atoms with E-state index in [0.29, 0.717) is 28.1 Å². The number of rotatable bonds is 14. The van der Waals surface area contributed by atoms with Crippen molar-refractivity contribution < 1.29 is 41.4 Å². The Hall–Kier alpha value is -4.26. The van der Waals surface area contributed by atoms with Gasteiger partial charge in [0.1, 0.15) is 17.3 Å². The largest absolute Gasteiger partial charge is 0.478 e. The first kappa shape index (κ1) is 32.1. The quantitative estimate of drug-likeness (QED) is 0.175. The van der Waals surface area contributed by atoms with Gasteiger partial charge in [-0.2, -0.15) is 0 Å². The van der Waals surface area contributed by atoms with Crippen LogP contribution in [0.5, 0.6) is 0 Å². The number of carboxylic acid groups (broad SMARTS) is 1. The number of amides is 1. The summed E-state index contributed by atoms with van der Waals surface area (Å²) >= 11 is 0. The van der Waals surface area contributed by atoms with Crippen molar-refractivity contribution >= 4 is 27.6 Å². The van der Waals surface area contributed by atoms with E-state index in [9.17, 15) is 27.5 Å². The summed E-state index contributed by atoms with van der Waals surface area (Å²) in [5.74, 6) is -0.987. The molecule has 0 aromatic heterocycles. The molecule has 5 rings (SSSR count). The van der Waals surface area contributed by atoms with Gasteiger partial charge in [-0.3, -0.25) is 9.10 Å². The Morgan fingerprint density at radius 1 is 1.02 bits per heavy atom. The second kappa shape index (κ2) is 13.4. The van der Waals surface area contributed by atoms with E-state index in [1.54, 1.807) is 37.3 Å². The van der Waals surface area contributed by atoms with Gasteiger partial charge in [-0.15, -0.1) is 0 Å². The van der Waals surface area contributed by atoms with Crippen LogP contribution in [0.4, 0.5) is 10.1 Å². The van der Waals surface area contributed by atoms with Crippen LogP contribution in [0.1, 0.15) is 56.2 Å². The third kappa shape index (κ3) is 7.35. The maximum Gasteiger partial charge on any atom is 0.335 e. The molecule has 10 nitrogen and oxygen atoms in total. The molecule has 0 unspecified atom stereocenters. The number of hydrogen-bond acceptors (Lipinski definition) is 7. The van der Waals surface area contributed by atoms with E-state index < -0.39 is 21.8 Å². The number of carbonyl (C=O) groups is 2. The number of benzene rings is 2. The number of carboxylic acids is 1. The van der Waals surface area contributed by atoms with Crippen LogP contribution in [-0.2, 0) is 26.1 Å². The highest BCUT2D eigenvalue weighted by Gasteiger charge is 2.37. The van der Waals surface area contributed by atoms with E-state index in [1.807, 2.05) is 0 Å². The Bertz CT molecular complexity index is 1780. The zero-order chi connectivity index (χ0) is 32.3. The van der Waals surface area contributed by atoms with Crippen molar-refractivity contribution in [3.63, 3.8) is 0 Å². The van der Waals surface area contributed by atoms with E-state index in [-0.39, 0.29) is 61.7 Å². The molecule has 2 aromatic carbocycles. The number of aromatic carboxylic acids is 1. The van der Waals surface area contributed by atoms with E-state index in [0.717, 1.165) is 30.2 Å². The number of ether oxygens (including phenoxy) is 2. The highest BCUT2D eigenvalue weighted by atomic mass is 32.2. The first-order valence-electron chi connectivity index (χ1n) is 14.5. The Kier molecular flexibility index (Phi) is 9.56. The molecule has 1 aliphatic heterocycles. The lowest BCUT2D eigenvalue weighted by Gasteiger charge is -2.23. The Balaban J connectivity index is 1.32. The van der Waals surface area contributed by atoms with Crippen LogP contribution in [0, 0.1) is 12.7 Å². The molecule has 1 heterocycles. The van der Waals surface area contributed by atoms with Crippen molar-refractivity contribution in [1.29, 1.82) is 0 Å². The van der Waals surface area contributed by atoms with E-state index in [4.69, 9.17) is 13.9 Å². The van der Waals surface area contributed by atoms with Crippen LogP contribution in [0.15, 0.2) is 59.0 Å². The minimum atomic E-state index is -3.72. The molecular formula is C33H35FN2O8S. The second-order valence-corrected chi connectivity index (χ2v) is 12.9. The van der Waals surface area contributed by atoms with Crippen LogP contribution in [0.2, 0.25) is 0 Å². The number of hydrogen-bond donors (Lipinski definition) is 2. The van der Waals surface area contributed by atoms with Crippen LogP contribution in [-0.4, -0.2) is 65.1 Å². The zero-order valence-corrected chi connectivity index (χ0v) is 26.1. The maximum atomic E-state index is 13.6. The lowest BCUT2D eigenvalue weighted by Crippen LogP contribution is -2.33. The summed E-state index contributed by atoms with van der Waals surface area (Å²) in [6, 6.07) is 14.0. The number of halogens is 1. The number of sulfonamides is 1. The van der Waals surface area contributed by atoms with Gasteiger partial charge >= 0.3 is 5.97 Å². The fourth-order valence-corrected chi connectivity index (χ4v) is 6.28. The summed E-state index contributed by atoms with van der Waals surface area (Å²) in [4.78, 5) is 24.1. The predicted molar refractivity (Wildman–Crippen MR) is 167 cm³/mol. The molecular weight excluding hydrogens is 603 g/mol. The lowest BCUT2D eigenvalue weighted by atomic mass is 10.0. The molecule has 2 aromatic rings. The maximum absolute atomic E-state index is 13.6. The minimum Gasteiger partial charge on any atom is -0.478 e. The lowest BCUT2D eigenvalue weighted by molar-refractivity contribution is 0.0435. The summed E-state index contributed by atoms with van der Waals surface area (Å²) in [7, 11) is -2.21. The minimum absolute atomic E-state index is 0.0534. The molecule has 2 N–H and O–H groups in total. The molecule has 1 fully saturated rings. The average molecular weight is 639 g/mol. The van der Waals surface area contributed by atoms with Gasteiger partial charge in [-0.25, -0.2) is 17.6 Å². The van der Waals surface area contributed by atoms with Crippen molar-refractivity contribution in [3.8, 4) is 22.6 Å². The van der Waals surface area contributed by atoms with Crippen molar-refractivity contribution in [2.75, 3.05) is 44.0 Å². The number of nitrogens with zero attached hydrogens (tertiary/aromatic N) is 1. The molecule has 0 bridgehead atoms. The first-order chi connectivity index (χ1) is 21.5. The van der Waals surface area contributed by atoms with Crippen LogP contribution >= 0.6 is 0 Å². The molecule has 0 saturated heterocycles. The summed E-state index contributed by atoms with van der Waals surface area (Å²) in [5.41, 5.74) is 4.45. The topological polar surface area (TPSA) is 135 Å². The molecule has 3 aliphatic rings. The number of fused-ring (bicyclic) bond motifs is 1. The second-order valence-electron chi connectivity index (χ2n) is 11.0. The predicted octanol–water partition coefficient (Wildman–Crippen LogP) is 5.43. The molecule has 0 atom stereocenters. The molecule has 2 aliphatic carbocycles. The summed E-state index contributed by atoms with van der Waals surface area (Å²) in [6.07, 6.45) is 2.90. The van der Waals surface area contributed by atoms with Gasteiger partial charge in [0.2, 0.25) is 10.0 Å². The smallest absolute Gasteiger partial charge is 0.335 e. The molecule has 45 heavy (non-hydrogen) atoms. The molecule has 238 valence electrons. The van der Waals surface area contributed by atoms with Crippen molar-refractivity contribution in [2.45, 2.75) is 32.3 Å². The third-order valence-corrected chi connectivity index (χ3v) is 8.86. The summed E-state index contributed by atoms with van der Waals surface area (Å²) < 4.78 is 58.7. The Morgan fingerprint density at radius 3 is 2.36 bits per heavy atom. The van der Waals surface area contributed by atoms with Gasteiger partial charge in [0.15, 0.2) is 0 Å². The fraction of sp³-hybridized carbons (Fsp3) is 0.333. The van der Waals surface area contributed by atoms with Crippen molar-refractivity contribution in [3.05, 3.63) is 88.2 Å². The summed E-state index contributed by atoms with van der Waals surface area (Å²) in [5, 5.41) is 11.8. The van der Waals surface area contributed by atoms with Gasteiger partial charge in [-0.05, 0) is 78.8 Å².